The van der Waals surface area contributed by atoms with Crippen molar-refractivity contribution in [1.29, 1.82) is 0 Å². The molecule has 1 aromatic rings. The van der Waals surface area contributed by atoms with Crippen molar-refractivity contribution in [1.82, 2.24) is 5.32 Å². The monoisotopic (exact) mass is 408 g/mol. The smallest absolute Gasteiger partial charge is 0.414 e. The number of nitrogens with zero attached hydrogens (tertiary/aromatic N) is 1. The Morgan fingerprint density at radius 1 is 1.36 bits per heavy atom. The molecule has 2 saturated heterocycles. The molecule has 3 aliphatic rings. The van der Waals surface area contributed by atoms with Gasteiger partial charge in [0.1, 0.15) is 17.5 Å². The van der Waals surface area contributed by atoms with Crippen LogP contribution in [0.5, 0.6) is 0 Å². The van der Waals surface area contributed by atoms with Gasteiger partial charge in [0.05, 0.1) is 18.8 Å². The molecule has 4 rings (SSSR count). The molecule has 1 saturated carbocycles. The largest absolute Gasteiger partial charge is 0.444 e. The highest BCUT2D eigenvalue weighted by Gasteiger charge is 2.54. The molecule has 0 aromatic heterocycles. The first-order chi connectivity index (χ1) is 13.2. The fourth-order valence-corrected chi connectivity index (χ4v) is 5.59. The van der Waals surface area contributed by atoms with Gasteiger partial charge in [-0.05, 0) is 67.7 Å². The van der Waals surface area contributed by atoms with Crippen LogP contribution in [0, 0.1) is 17.7 Å². The molecule has 2 aliphatic heterocycles. The molecule has 0 bridgehead atoms. The van der Waals surface area contributed by atoms with Gasteiger partial charge in [0, 0.05) is 0 Å². The fraction of sp³-hybridized carbons (Fsp3) is 0.600. The van der Waals surface area contributed by atoms with Gasteiger partial charge in [0.15, 0.2) is 0 Å². The lowest BCUT2D eigenvalue weighted by atomic mass is 10.1. The predicted octanol–water partition coefficient (Wildman–Crippen LogP) is 3.75. The van der Waals surface area contributed by atoms with Gasteiger partial charge in [-0.25, -0.2) is 14.0 Å². The zero-order valence-corrected chi connectivity index (χ0v) is 17.1. The molecule has 28 heavy (non-hydrogen) atoms. The third-order valence-electron chi connectivity index (χ3n) is 5.35. The van der Waals surface area contributed by atoms with Gasteiger partial charge in [0.25, 0.3) is 0 Å². The molecule has 1 N–H and O–H groups in total. The second kappa shape index (κ2) is 7.13. The second-order valence-electron chi connectivity index (χ2n) is 8.60. The van der Waals surface area contributed by atoms with Gasteiger partial charge in [-0.1, -0.05) is 6.07 Å². The molecule has 4 atom stereocenters. The Bertz CT molecular complexity index is 787. The number of alkyl carbamates (subject to hydrolysis) is 1. The van der Waals surface area contributed by atoms with Crippen LogP contribution < -0.4 is 10.2 Å². The number of fused-ring (bicyclic) bond motifs is 1. The first kappa shape index (κ1) is 19.4. The molecular weight excluding hydrogens is 383 g/mol. The van der Waals surface area contributed by atoms with Crippen molar-refractivity contribution in [2.45, 2.75) is 38.4 Å². The molecule has 1 unspecified atom stereocenters. The van der Waals surface area contributed by atoms with E-state index in [1.807, 2.05) is 11.8 Å². The Labute approximate surface area is 168 Å². The number of hydrogen-bond acceptors (Lipinski definition) is 5. The number of anilines is 1. The number of benzene rings is 1. The average Bonchev–Trinajstić information content (AvgIpc) is 2.94. The minimum Gasteiger partial charge on any atom is -0.444 e. The normalized spacial score (nSPS) is 28.7. The van der Waals surface area contributed by atoms with Crippen LogP contribution in [0.3, 0.4) is 0 Å². The maximum absolute atomic E-state index is 14.7. The number of carbonyl (C=O) groups is 2. The topological polar surface area (TPSA) is 67.9 Å². The third kappa shape index (κ3) is 3.92. The van der Waals surface area contributed by atoms with Crippen LogP contribution in [0.4, 0.5) is 19.7 Å². The van der Waals surface area contributed by atoms with Crippen LogP contribution in [-0.4, -0.2) is 48.5 Å². The van der Waals surface area contributed by atoms with E-state index >= 15 is 0 Å². The van der Waals surface area contributed by atoms with E-state index in [9.17, 15) is 14.0 Å². The third-order valence-corrected chi connectivity index (χ3v) is 6.60. The SMILES string of the molecule is CC(C)(C)OC(=O)NC[C@H]1CN(c2ccc(C3[C@H]4CSC[C@@H]34)c(F)c2)C(=O)O1. The fourth-order valence-electron chi connectivity index (χ4n) is 4.01. The highest BCUT2D eigenvalue weighted by atomic mass is 32.2. The summed E-state index contributed by atoms with van der Waals surface area (Å²) in [6, 6.07) is 5.00. The van der Waals surface area contributed by atoms with E-state index in [-0.39, 0.29) is 18.9 Å². The number of hydrogen-bond donors (Lipinski definition) is 1. The van der Waals surface area contributed by atoms with Crippen LogP contribution in [0.2, 0.25) is 0 Å². The van der Waals surface area contributed by atoms with E-state index in [0.717, 1.165) is 17.1 Å². The lowest BCUT2D eigenvalue weighted by Crippen LogP contribution is -2.38. The molecule has 152 valence electrons. The number of thioether (sulfide) groups is 1. The minimum absolute atomic E-state index is 0.140. The highest BCUT2D eigenvalue weighted by Crippen LogP contribution is 2.61. The summed E-state index contributed by atoms with van der Waals surface area (Å²) < 4.78 is 25.1. The molecular formula is C20H25FN2O4S. The molecule has 2 heterocycles. The van der Waals surface area contributed by atoms with Crippen LogP contribution in [0.1, 0.15) is 32.3 Å². The van der Waals surface area contributed by atoms with Gasteiger partial charge in [-0.15, -0.1) is 0 Å². The summed E-state index contributed by atoms with van der Waals surface area (Å²) in [6.45, 7) is 5.71. The number of nitrogens with one attached hydrogen (secondary N) is 1. The summed E-state index contributed by atoms with van der Waals surface area (Å²) in [5, 5.41) is 2.60. The van der Waals surface area contributed by atoms with E-state index in [2.05, 4.69) is 5.32 Å². The summed E-state index contributed by atoms with van der Waals surface area (Å²) >= 11 is 1.94. The van der Waals surface area contributed by atoms with Gasteiger partial charge in [-0.3, -0.25) is 4.90 Å². The Balaban J connectivity index is 1.35. The number of halogens is 1. The van der Waals surface area contributed by atoms with E-state index in [0.29, 0.717) is 23.4 Å². The Hall–Kier alpha value is -1.96. The minimum atomic E-state index is -0.597. The Morgan fingerprint density at radius 2 is 2.07 bits per heavy atom. The first-order valence-electron chi connectivity index (χ1n) is 9.55. The molecule has 2 amide bonds. The van der Waals surface area contributed by atoms with Gasteiger partial charge in [-0.2, -0.15) is 11.8 Å². The van der Waals surface area contributed by atoms with Gasteiger partial charge in [0.2, 0.25) is 0 Å². The van der Waals surface area contributed by atoms with Crippen LogP contribution >= 0.6 is 11.8 Å². The van der Waals surface area contributed by atoms with Crippen molar-refractivity contribution >= 4 is 29.6 Å². The maximum Gasteiger partial charge on any atom is 0.414 e. The quantitative estimate of drug-likeness (QED) is 0.822. The number of cyclic esters (lactones) is 1. The molecule has 0 spiro atoms. The zero-order chi connectivity index (χ0) is 20.1. The molecule has 1 aromatic carbocycles. The summed E-state index contributed by atoms with van der Waals surface area (Å²) in [5.74, 6) is 3.50. The van der Waals surface area contributed by atoms with E-state index in [1.54, 1.807) is 32.9 Å². The number of ether oxygens (including phenoxy) is 2. The van der Waals surface area contributed by atoms with Crippen molar-refractivity contribution in [2.24, 2.45) is 11.8 Å². The van der Waals surface area contributed by atoms with Crippen LogP contribution in [0.15, 0.2) is 18.2 Å². The molecule has 6 nitrogen and oxygen atoms in total. The van der Waals surface area contributed by atoms with Crippen LogP contribution in [-0.2, 0) is 9.47 Å². The first-order valence-corrected chi connectivity index (χ1v) is 10.7. The van der Waals surface area contributed by atoms with Crippen molar-refractivity contribution in [2.75, 3.05) is 29.5 Å². The average molecular weight is 408 g/mol. The lowest BCUT2D eigenvalue weighted by Gasteiger charge is -2.20. The molecule has 8 heteroatoms. The van der Waals surface area contributed by atoms with Gasteiger partial charge < -0.3 is 14.8 Å². The second-order valence-corrected chi connectivity index (χ2v) is 9.67. The van der Waals surface area contributed by atoms with Crippen molar-refractivity contribution in [3.05, 3.63) is 29.6 Å². The van der Waals surface area contributed by atoms with Crippen molar-refractivity contribution in [3.8, 4) is 0 Å². The lowest BCUT2D eigenvalue weighted by molar-refractivity contribution is 0.0496. The van der Waals surface area contributed by atoms with Crippen LogP contribution in [0.25, 0.3) is 0 Å². The number of rotatable bonds is 4. The molecule has 1 aliphatic carbocycles. The highest BCUT2D eigenvalue weighted by molar-refractivity contribution is 7.99. The van der Waals surface area contributed by atoms with E-state index in [4.69, 9.17) is 9.47 Å². The van der Waals surface area contributed by atoms with E-state index in [1.165, 1.54) is 11.0 Å². The Morgan fingerprint density at radius 3 is 2.71 bits per heavy atom. The van der Waals surface area contributed by atoms with Crippen molar-refractivity contribution < 1.29 is 23.5 Å². The van der Waals surface area contributed by atoms with E-state index < -0.39 is 23.9 Å². The number of amides is 2. The summed E-state index contributed by atoms with van der Waals surface area (Å²) in [6.07, 6.45) is -1.61. The summed E-state index contributed by atoms with van der Waals surface area (Å²) in [5.41, 5.74) is 0.640. The summed E-state index contributed by atoms with van der Waals surface area (Å²) in [7, 11) is 0. The maximum atomic E-state index is 14.7. The van der Waals surface area contributed by atoms with Gasteiger partial charge >= 0.3 is 12.2 Å². The Kier molecular flexibility index (Phi) is 4.93. The predicted molar refractivity (Wildman–Crippen MR) is 105 cm³/mol. The standard InChI is InChI=1S/C20H25FN2O4S/c1-20(2,3)27-18(24)22-7-12-8-23(19(25)26-12)11-4-5-13(16(21)6-11)17-14-9-28-10-15(14)17/h4-6,12,14-15,17H,7-10H2,1-3H3,(H,22,24)/t12-,14-,15+,17?/m0/s1. The molecule has 3 fully saturated rings. The zero-order valence-electron chi connectivity index (χ0n) is 16.2. The molecule has 0 radical (unpaired) electrons. The number of carbonyl (C=O) groups excluding carboxylic acids is 2. The van der Waals surface area contributed by atoms with Crippen molar-refractivity contribution in [3.63, 3.8) is 0 Å². The summed E-state index contributed by atoms with van der Waals surface area (Å²) in [4.78, 5) is 25.3.